The molecule has 0 spiro atoms. The van der Waals surface area contributed by atoms with E-state index in [0.717, 1.165) is 11.3 Å². The van der Waals surface area contributed by atoms with Crippen LogP contribution >= 0.6 is 0 Å². The normalized spacial score (nSPS) is 17.6. The minimum Gasteiger partial charge on any atom is -0.359 e. The van der Waals surface area contributed by atoms with Crippen molar-refractivity contribution in [1.29, 1.82) is 0 Å². The number of carbonyl (C=O) groups excluding carboxylic acids is 2. The van der Waals surface area contributed by atoms with E-state index in [1.807, 2.05) is 32.0 Å². The highest BCUT2D eigenvalue weighted by atomic mass is 16.5. The molecule has 1 aliphatic heterocycles. The quantitative estimate of drug-likeness (QED) is 0.916. The molecule has 7 heteroatoms. The first-order valence-corrected chi connectivity index (χ1v) is 8.38. The van der Waals surface area contributed by atoms with Crippen molar-refractivity contribution in [3.8, 4) is 0 Å². The van der Waals surface area contributed by atoms with E-state index in [2.05, 4.69) is 15.5 Å². The smallest absolute Gasteiger partial charge is 0.231 e. The third-order valence-electron chi connectivity index (χ3n) is 4.64. The van der Waals surface area contributed by atoms with Gasteiger partial charge in [-0.2, -0.15) is 4.98 Å². The van der Waals surface area contributed by atoms with E-state index in [0.29, 0.717) is 31.1 Å². The third kappa shape index (κ3) is 3.70. The van der Waals surface area contributed by atoms with Gasteiger partial charge in [0, 0.05) is 25.7 Å². The van der Waals surface area contributed by atoms with Gasteiger partial charge in [0.1, 0.15) is 0 Å². The Morgan fingerprint density at radius 1 is 1.36 bits per heavy atom. The van der Waals surface area contributed by atoms with E-state index in [1.54, 1.807) is 11.9 Å². The molecule has 0 saturated carbocycles. The van der Waals surface area contributed by atoms with E-state index < -0.39 is 0 Å². The van der Waals surface area contributed by atoms with Crippen molar-refractivity contribution in [2.75, 3.05) is 18.5 Å². The maximum absolute atomic E-state index is 12.4. The number of nitrogens with one attached hydrogen (secondary N) is 1. The minimum atomic E-state index is -0.164. The van der Waals surface area contributed by atoms with Crippen LogP contribution in [0.2, 0.25) is 0 Å². The lowest BCUT2D eigenvalue weighted by atomic mass is 9.96. The molecule has 0 bridgehead atoms. The predicted molar refractivity (Wildman–Crippen MR) is 92.3 cm³/mol. The summed E-state index contributed by atoms with van der Waals surface area (Å²) in [5, 5.41) is 6.40. The topological polar surface area (TPSA) is 88.3 Å². The van der Waals surface area contributed by atoms with Crippen molar-refractivity contribution < 1.29 is 14.1 Å². The molecule has 0 unspecified atom stereocenters. The zero-order chi connectivity index (χ0) is 18.0. The number of benzene rings is 1. The number of amides is 2. The Morgan fingerprint density at radius 2 is 2.16 bits per heavy atom. The number of nitrogens with zero attached hydrogens (tertiary/aromatic N) is 3. The van der Waals surface area contributed by atoms with Crippen LogP contribution in [0.15, 0.2) is 22.7 Å². The van der Waals surface area contributed by atoms with Crippen LogP contribution in [-0.2, 0) is 16.0 Å². The highest BCUT2D eigenvalue weighted by Crippen LogP contribution is 2.30. The molecule has 2 amide bonds. The van der Waals surface area contributed by atoms with Gasteiger partial charge in [-0.15, -0.1) is 0 Å². The van der Waals surface area contributed by atoms with Gasteiger partial charge in [0.05, 0.1) is 12.3 Å². The van der Waals surface area contributed by atoms with E-state index in [4.69, 9.17) is 4.52 Å². The molecule has 1 aliphatic rings. The Balaban J connectivity index is 1.77. The Kier molecular flexibility index (Phi) is 4.83. The van der Waals surface area contributed by atoms with Crippen LogP contribution in [0.3, 0.4) is 0 Å². The van der Waals surface area contributed by atoms with Gasteiger partial charge in [-0.1, -0.05) is 11.2 Å². The van der Waals surface area contributed by atoms with Gasteiger partial charge in [-0.05, 0) is 43.5 Å². The van der Waals surface area contributed by atoms with Crippen molar-refractivity contribution in [2.45, 2.75) is 39.0 Å². The number of likely N-dealkylation sites (N-methyl/N-ethyl adjacent to an activating group) is 1. The molecule has 132 valence electrons. The minimum absolute atomic E-state index is 0.0229. The molecule has 1 aromatic carbocycles. The molecule has 0 radical (unpaired) electrons. The van der Waals surface area contributed by atoms with Crippen LogP contribution in [0.5, 0.6) is 0 Å². The van der Waals surface area contributed by atoms with E-state index in [1.165, 1.54) is 5.56 Å². The Labute approximate surface area is 146 Å². The van der Waals surface area contributed by atoms with Crippen LogP contribution in [0.4, 0.5) is 5.69 Å². The fraction of sp³-hybridized carbons (Fsp3) is 0.444. The largest absolute Gasteiger partial charge is 0.359 e. The molecule has 1 fully saturated rings. The Hall–Kier alpha value is -2.70. The number of hydrogen-bond donors (Lipinski definition) is 1. The summed E-state index contributed by atoms with van der Waals surface area (Å²) < 4.78 is 5.33. The van der Waals surface area contributed by atoms with Crippen molar-refractivity contribution in [2.24, 2.45) is 0 Å². The molecule has 25 heavy (non-hydrogen) atoms. The average molecular weight is 342 g/mol. The van der Waals surface area contributed by atoms with Crippen LogP contribution in [0, 0.1) is 13.8 Å². The van der Waals surface area contributed by atoms with Gasteiger partial charge in [-0.3, -0.25) is 9.59 Å². The maximum Gasteiger partial charge on any atom is 0.231 e. The number of carbonyl (C=O) groups is 2. The molecular weight excluding hydrogens is 320 g/mol. The fourth-order valence-corrected chi connectivity index (χ4v) is 2.93. The summed E-state index contributed by atoms with van der Waals surface area (Å²) in [4.78, 5) is 29.9. The average Bonchev–Trinajstić information content (AvgIpc) is 3.06. The number of hydrogen-bond acceptors (Lipinski definition) is 5. The second-order valence-electron chi connectivity index (χ2n) is 6.41. The number of anilines is 1. The van der Waals surface area contributed by atoms with E-state index in [9.17, 15) is 9.59 Å². The lowest BCUT2D eigenvalue weighted by Crippen LogP contribution is -2.39. The third-order valence-corrected chi connectivity index (χ3v) is 4.64. The van der Waals surface area contributed by atoms with Gasteiger partial charge in [0.25, 0.3) is 0 Å². The summed E-state index contributed by atoms with van der Waals surface area (Å²) in [6, 6.07) is 6.02. The SMILES string of the molecule is CNC(=O)Cc1noc([C@H]2CCC(=O)N(c3ccc(C)c(C)c3)C2)n1. The molecule has 1 aromatic heterocycles. The monoisotopic (exact) mass is 342 g/mol. The highest BCUT2D eigenvalue weighted by Gasteiger charge is 2.31. The molecule has 1 atom stereocenters. The van der Waals surface area contributed by atoms with Gasteiger partial charge in [0.2, 0.25) is 17.7 Å². The van der Waals surface area contributed by atoms with Crippen molar-refractivity contribution >= 4 is 17.5 Å². The van der Waals surface area contributed by atoms with Crippen LogP contribution < -0.4 is 10.2 Å². The summed E-state index contributed by atoms with van der Waals surface area (Å²) >= 11 is 0. The fourth-order valence-electron chi connectivity index (χ4n) is 2.93. The van der Waals surface area contributed by atoms with Crippen molar-refractivity contribution in [3.63, 3.8) is 0 Å². The number of piperidine rings is 1. The molecule has 3 rings (SSSR count). The summed E-state index contributed by atoms with van der Waals surface area (Å²) in [5.74, 6) is 0.766. The Bertz CT molecular complexity index is 799. The molecule has 0 aliphatic carbocycles. The molecule has 1 N–H and O–H groups in total. The number of rotatable bonds is 4. The van der Waals surface area contributed by atoms with Gasteiger partial charge < -0.3 is 14.7 Å². The molecule has 7 nitrogen and oxygen atoms in total. The molecule has 1 saturated heterocycles. The first-order chi connectivity index (χ1) is 12.0. The second kappa shape index (κ2) is 7.04. The number of aryl methyl sites for hydroxylation is 2. The first-order valence-electron chi connectivity index (χ1n) is 8.38. The van der Waals surface area contributed by atoms with E-state index >= 15 is 0 Å². The number of aromatic nitrogens is 2. The molecular formula is C18H22N4O3. The summed E-state index contributed by atoms with van der Waals surface area (Å²) in [7, 11) is 1.57. The molecule has 2 aromatic rings. The Morgan fingerprint density at radius 3 is 2.88 bits per heavy atom. The van der Waals surface area contributed by atoms with Gasteiger partial charge in [0.15, 0.2) is 5.82 Å². The summed E-state index contributed by atoms with van der Waals surface area (Å²) in [5.41, 5.74) is 3.24. The van der Waals surface area contributed by atoms with Crippen molar-refractivity contribution in [3.05, 3.63) is 41.0 Å². The maximum atomic E-state index is 12.4. The van der Waals surface area contributed by atoms with Crippen LogP contribution in [0.1, 0.15) is 41.6 Å². The standard InChI is InChI=1S/C18H22N4O3/c1-11-4-6-14(8-12(11)2)22-10-13(5-7-17(22)24)18-20-15(21-25-18)9-16(23)19-3/h4,6,8,13H,5,7,9-10H2,1-3H3,(H,19,23)/t13-/m0/s1. The zero-order valence-corrected chi connectivity index (χ0v) is 14.7. The first kappa shape index (κ1) is 17.1. The predicted octanol–water partition coefficient (Wildman–Crippen LogP) is 1.89. The van der Waals surface area contributed by atoms with Crippen LogP contribution in [-0.4, -0.2) is 35.5 Å². The molecule has 2 heterocycles. The zero-order valence-electron chi connectivity index (χ0n) is 14.7. The summed E-state index contributed by atoms with van der Waals surface area (Å²) in [6.07, 6.45) is 1.19. The second-order valence-corrected chi connectivity index (χ2v) is 6.41. The van der Waals surface area contributed by atoms with Gasteiger partial charge >= 0.3 is 0 Å². The van der Waals surface area contributed by atoms with E-state index in [-0.39, 0.29) is 24.2 Å². The summed E-state index contributed by atoms with van der Waals surface area (Å²) in [6.45, 7) is 4.59. The highest BCUT2D eigenvalue weighted by molar-refractivity contribution is 5.94. The lowest BCUT2D eigenvalue weighted by Gasteiger charge is -2.31. The van der Waals surface area contributed by atoms with Gasteiger partial charge in [-0.25, -0.2) is 0 Å². The van der Waals surface area contributed by atoms with Crippen molar-refractivity contribution in [1.82, 2.24) is 15.5 Å². The lowest BCUT2D eigenvalue weighted by molar-refractivity contribution is -0.120. The van der Waals surface area contributed by atoms with Crippen LogP contribution in [0.25, 0.3) is 0 Å².